The second-order valence-corrected chi connectivity index (χ2v) is 3.99. The first kappa shape index (κ1) is 14.6. The number of amides is 2. The monoisotopic (exact) mass is 260 g/mol. The van der Waals surface area contributed by atoms with Crippen LogP contribution in [0.2, 0.25) is 0 Å². The Balaban J connectivity index is 2.81. The number of hydrogen-bond acceptors (Lipinski definition) is 3. The molecule has 5 nitrogen and oxygen atoms in total. The van der Waals surface area contributed by atoms with Gasteiger partial charge in [0.15, 0.2) is 0 Å². The van der Waals surface area contributed by atoms with Gasteiger partial charge < -0.3 is 10.6 Å². The normalized spacial score (nSPS) is 11.9. The molecule has 1 aromatic carbocycles. The van der Waals surface area contributed by atoms with Gasteiger partial charge in [0.05, 0.1) is 0 Å². The first-order chi connectivity index (χ1) is 9.04. The summed E-state index contributed by atoms with van der Waals surface area (Å²) >= 11 is 0. The number of allylic oxidation sites excluding steroid dienone is 1. The highest BCUT2D eigenvalue weighted by molar-refractivity contribution is 5.98. The van der Waals surface area contributed by atoms with Crippen molar-refractivity contribution in [3.63, 3.8) is 0 Å². The molecule has 1 rings (SSSR count). The third-order valence-corrected chi connectivity index (χ3v) is 2.39. The van der Waals surface area contributed by atoms with Crippen molar-refractivity contribution in [2.45, 2.75) is 19.9 Å². The van der Waals surface area contributed by atoms with Crippen LogP contribution in [0.3, 0.4) is 0 Å². The number of rotatable bonds is 5. The summed E-state index contributed by atoms with van der Waals surface area (Å²) in [5.41, 5.74) is 1.31. The van der Waals surface area contributed by atoms with Gasteiger partial charge in [-0.15, -0.1) is 0 Å². The molecule has 0 saturated heterocycles. The van der Waals surface area contributed by atoms with Crippen LogP contribution in [0, 0.1) is 0 Å². The number of nitrogens with one attached hydrogen (secondary N) is 2. The molecular formula is C14H16N2O3. The molecule has 1 atom stereocenters. The molecule has 5 heteroatoms. The predicted octanol–water partition coefficient (Wildman–Crippen LogP) is 1.36. The van der Waals surface area contributed by atoms with Crippen molar-refractivity contribution < 1.29 is 14.4 Å². The van der Waals surface area contributed by atoms with Crippen molar-refractivity contribution in [1.29, 1.82) is 0 Å². The number of carbonyl (C=O) groups is 3. The van der Waals surface area contributed by atoms with Gasteiger partial charge in [-0.1, -0.05) is 18.2 Å². The average Bonchev–Trinajstić information content (AvgIpc) is 2.36. The van der Waals surface area contributed by atoms with Crippen LogP contribution in [0.5, 0.6) is 0 Å². The minimum atomic E-state index is -0.624. The SMILES string of the molecule is CC(=O)NC(C)C(=O)Nc1ccccc1/C=C/C=O. The van der Waals surface area contributed by atoms with Crippen LogP contribution < -0.4 is 10.6 Å². The van der Waals surface area contributed by atoms with Gasteiger partial charge >= 0.3 is 0 Å². The molecule has 1 unspecified atom stereocenters. The molecule has 19 heavy (non-hydrogen) atoms. The summed E-state index contributed by atoms with van der Waals surface area (Å²) in [6.07, 6.45) is 3.62. The molecule has 0 aromatic heterocycles. The van der Waals surface area contributed by atoms with Crippen molar-refractivity contribution in [2.75, 3.05) is 5.32 Å². The summed E-state index contributed by atoms with van der Waals surface area (Å²) in [4.78, 5) is 33.1. The Bertz CT molecular complexity index is 509. The topological polar surface area (TPSA) is 75.3 Å². The Morgan fingerprint density at radius 2 is 1.95 bits per heavy atom. The smallest absolute Gasteiger partial charge is 0.246 e. The van der Waals surface area contributed by atoms with E-state index in [1.165, 1.54) is 13.0 Å². The van der Waals surface area contributed by atoms with Gasteiger partial charge in [-0.05, 0) is 30.7 Å². The Morgan fingerprint density at radius 1 is 1.26 bits per heavy atom. The fourth-order valence-electron chi connectivity index (χ4n) is 1.51. The number of benzene rings is 1. The Morgan fingerprint density at radius 3 is 2.58 bits per heavy atom. The highest BCUT2D eigenvalue weighted by Crippen LogP contribution is 2.16. The number of para-hydroxylation sites is 1. The Labute approximate surface area is 111 Å². The molecule has 0 fully saturated rings. The van der Waals surface area contributed by atoms with E-state index < -0.39 is 6.04 Å². The van der Waals surface area contributed by atoms with Crippen LogP contribution in [0.4, 0.5) is 5.69 Å². The fourth-order valence-corrected chi connectivity index (χ4v) is 1.51. The summed E-state index contributed by atoms with van der Waals surface area (Å²) in [5, 5.41) is 5.20. The molecule has 100 valence electrons. The first-order valence-electron chi connectivity index (χ1n) is 5.83. The summed E-state index contributed by atoms with van der Waals surface area (Å²) in [6, 6.07) is 6.45. The van der Waals surface area contributed by atoms with Crippen LogP contribution in [-0.4, -0.2) is 24.1 Å². The maximum Gasteiger partial charge on any atom is 0.246 e. The molecule has 0 radical (unpaired) electrons. The Hall–Kier alpha value is -2.43. The van der Waals surface area contributed by atoms with Crippen molar-refractivity contribution in [1.82, 2.24) is 5.32 Å². The van der Waals surface area contributed by atoms with Crippen molar-refractivity contribution in [2.24, 2.45) is 0 Å². The molecular weight excluding hydrogens is 244 g/mol. The van der Waals surface area contributed by atoms with Crippen LogP contribution in [0.15, 0.2) is 30.3 Å². The Kier molecular flexibility index (Phi) is 5.47. The van der Waals surface area contributed by atoms with Gasteiger partial charge in [-0.2, -0.15) is 0 Å². The average molecular weight is 260 g/mol. The number of hydrogen-bond donors (Lipinski definition) is 2. The van der Waals surface area contributed by atoms with E-state index in [9.17, 15) is 14.4 Å². The van der Waals surface area contributed by atoms with Crippen molar-refractivity contribution >= 4 is 29.9 Å². The molecule has 0 aliphatic rings. The molecule has 2 amide bonds. The van der Waals surface area contributed by atoms with E-state index in [2.05, 4.69) is 10.6 Å². The van der Waals surface area contributed by atoms with E-state index in [1.54, 1.807) is 37.3 Å². The number of carbonyl (C=O) groups excluding carboxylic acids is 3. The van der Waals surface area contributed by atoms with Crippen LogP contribution >= 0.6 is 0 Å². The first-order valence-corrected chi connectivity index (χ1v) is 5.83. The molecule has 0 spiro atoms. The summed E-state index contributed by atoms with van der Waals surface area (Å²) in [6.45, 7) is 2.95. The maximum atomic E-state index is 11.9. The van der Waals surface area contributed by atoms with Crippen molar-refractivity contribution in [3.05, 3.63) is 35.9 Å². The van der Waals surface area contributed by atoms with E-state index in [0.29, 0.717) is 12.0 Å². The highest BCUT2D eigenvalue weighted by atomic mass is 16.2. The van der Waals surface area contributed by atoms with Gasteiger partial charge in [0.1, 0.15) is 12.3 Å². The second-order valence-electron chi connectivity index (χ2n) is 3.99. The lowest BCUT2D eigenvalue weighted by molar-refractivity contribution is -0.124. The quantitative estimate of drug-likeness (QED) is 0.620. The molecule has 0 heterocycles. The summed E-state index contributed by atoms with van der Waals surface area (Å²) in [7, 11) is 0. The lowest BCUT2D eigenvalue weighted by atomic mass is 10.1. The standard InChI is InChI=1S/C14H16N2O3/c1-10(15-11(2)18)14(19)16-13-8-4-3-6-12(13)7-5-9-17/h3-10H,1-2H3,(H,15,18)(H,16,19)/b7-5+. The second kappa shape index (κ2) is 7.10. The molecule has 0 aliphatic carbocycles. The number of anilines is 1. The molecule has 0 bridgehead atoms. The third-order valence-electron chi connectivity index (χ3n) is 2.39. The maximum absolute atomic E-state index is 11.9. The highest BCUT2D eigenvalue weighted by Gasteiger charge is 2.14. The lowest BCUT2D eigenvalue weighted by Gasteiger charge is -2.14. The summed E-state index contributed by atoms with van der Waals surface area (Å²) < 4.78 is 0. The van der Waals surface area contributed by atoms with Gasteiger partial charge in [-0.3, -0.25) is 14.4 Å². The van der Waals surface area contributed by atoms with E-state index in [-0.39, 0.29) is 11.8 Å². The third kappa shape index (κ3) is 4.75. The van der Waals surface area contributed by atoms with Crippen LogP contribution in [0.25, 0.3) is 6.08 Å². The van der Waals surface area contributed by atoms with E-state index in [4.69, 9.17) is 0 Å². The molecule has 2 N–H and O–H groups in total. The lowest BCUT2D eigenvalue weighted by Crippen LogP contribution is -2.40. The molecule has 0 aliphatic heterocycles. The summed E-state index contributed by atoms with van der Waals surface area (Å²) in [5.74, 6) is -0.584. The minimum absolute atomic E-state index is 0.267. The minimum Gasteiger partial charge on any atom is -0.345 e. The number of aldehydes is 1. The van der Waals surface area contributed by atoms with E-state index in [1.807, 2.05) is 0 Å². The van der Waals surface area contributed by atoms with E-state index >= 15 is 0 Å². The zero-order valence-corrected chi connectivity index (χ0v) is 10.8. The van der Waals surface area contributed by atoms with Crippen LogP contribution in [0.1, 0.15) is 19.4 Å². The zero-order valence-electron chi connectivity index (χ0n) is 10.8. The van der Waals surface area contributed by atoms with Gasteiger partial charge in [-0.25, -0.2) is 0 Å². The van der Waals surface area contributed by atoms with Crippen molar-refractivity contribution in [3.8, 4) is 0 Å². The van der Waals surface area contributed by atoms with Gasteiger partial charge in [0.25, 0.3) is 0 Å². The molecule has 1 aromatic rings. The van der Waals surface area contributed by atoms with Gasteiger partial charge in [0, 0.05) is 12.6 Å². The zero-order chi connectivity index (χ0) is 14.3. The van der Waals surface area contributed by atoms with Crippen LogP contribution in [-0.2, 0) is 14.4 Å². The largest absolute Gasteiger partial charge is 0.345 e. The predicted molar refractivity (Wildman–Crippen MR) is 73.4 cm³/mol. The van der Waals surface area contributed by atoms with E-state index in [0.717, 1.165) is 5.56 Å². The molecule has 0 saturated carbocycles. The fraction of sp³-hybridized carbons (Fsp3) is 0.214. The van der Waals surface area contributed by atoms with Gasteiger partial charge in [0.2, 0.25) is 11.8 Å².